The van der Waals surface area contributed by atoms with Crippen molar-refractivity contribution in [1.82, 2.24) is 0 Å². The lowest BCUT2D eigenvalue weighted by molar-refractivity contribution is 0.299. The minimum atomic E-state index is 0.124. The van der Waals surface area contributed by atoms with Crippen LogP contribution in [0.2, 0.25) is 0 Å². The predicted octanol–water partition coefficient (Wildman–Crippen LogP) is 17.6. The Labute approximate surface area is 376 Å². The Morgan fingerprint density at radius 3 is 1.12 bits per heavy atom. The van der Waals surface area contributed by atoms with Crippen molar-refractivity contribution < 1.29 is 0 Å². The van der Waals surface area contributed by atoms with Crippen molar-refractivity contribution >= 4 is 66.0 Å². The fourth-order valence-corrected chi connectivity index (χ4v) is 12.6. The maximum absolute atomic E-state index is 3.73. The van der Waals surface area contributed by atoms with Gasteiger partial charge in [0.1, 0.15) is 0 Å². The number of unbranched alkanes of at least 4 members (excludes halogenated alkanes) is 2. The van der Waals surface area contributed by atoms with Crippen molar-refractivity contribution in [2.45, 2.75) is 129 Å². The van der Waals surface area contributed by atoms with E-state index in [2.05, 4.69) is 192 Å². The zero-order chi connectivity index (χ0) is 41.8. The second kappa shape index (κ2) is 16.6. The third-order valence-electron chi connectivity index (χ3n) is 14.5. The van der Waals surface area contributed by atoms with Crippen LogP contribution in [-0.4, -0.2) is 0 Å². The van der Waals surface area contributed by atoms with Crippen molar-refractivity contribution in [3.63, 3.8) is 0 Å². The molecule has 308 valence electrons. The molecule has 3 aliphatic rings. The molecule has 2 nitrogen and oxygen atoms in total. The molecule has 0 saturated heterocycles. The molecular formula is C56H60Br2N2. The van der Waals surface area contributed by atoms with E-state index in [1.807, 2.05) is 0 Å². The third-order valence-corrected chi connectivity index (χ3v) is 15.6. The van der Waals surface area contributed by atoms with Crippen LogP contribution in [0.1, 0.15) is 123 Å². The first-order valence-electron chi connectivity index (χ1n) is 22.7. The molecule has 6 aromatic rings. The molecule has 3 aliphatic carbocycles. The van der Waals surface area contributed by atoms with Gasteiger partial charge in [-0.1, -0.05) is 108 Å². The largest absolute Gasteiger partial charge is 0.310 e. The molecule has 0 unspecified atom stereocenters. The molecule has 0 N–H and O–H groups in total. The van der Waals surface area contributed by atoms with E-state index in [-0.39, 0.29) is 10.8 Å². The van der Waals surface area contributed by atoms with Gasteiger partial charge >= 0.3 is 0 Å². The highest BCUT2D eigenvalue weighted by molar-refractivity contribution is 9.10. The second-order valence-corrected chi connectivity index (χ2v) is 20.1. The average Bonchev–Trinajstić information content (AvgIpc) is 3.82. The molecule has 0 aromatic heterocycles. The highest BCUT2D eigenvalue weighted by atomic mass is 79.9. The number of halogens is 2. The summed E-state index contributed by atoms with van der Waals surface area (Å²) in [6, 6.07) is 42.7. The lowest BCUT2D eigenvalue weighted by Crippen LogP contribution is -2.43. The summed E-state index contributed by atoms with van der Waals surface area (Å²) in [5.41, 5.74) is 22.0. The SMILES string of the molecule is CCCCc1cc(C)c(N(c2ccc(Br)cc2)c2ccc3c(c2)[C@]24CCC[C@]2(CCC4)c2cc(N(c4ccc(Br)cc4)c4c(C)cc(CCCC)cc4C)ccc2-3)c(C)c1. The van der Waals surface area contributed by atoms with Crippen LogP contribution < -0.4 is 9.80 Å². The van der Waals surface area contributed by atoms with Crippen molar-refractivity contribution in [2.24, 2.45) is 0 Å². The maximum atomic E-state index is 3.73. The molecule has 9 rings (SSSR count). The van der Waals surface area contributed by atoms with E-state index < -0.39 is 0 Å². The van der Waals surface area contributed by atoms with Gasteiger partial charge < -0.3 is 9.80 Å². The van der Waals surface area contributed by atoms with Crippen LogP contribution in [0.15, 0.2) is 118 Å². The summed E-state index contributed by atoms with van der Waals surface area (Å²) < 4.78 is 2.20. The quantitative estimate of drug-likeness (QED) is 0.121. The van der Waals surface area contributed by atoms with Gasteiger partial charge in [0.2, 0.25) is 0 Å². The number of benzene rings is 6. The Morgan fingerprint density at radius 1 is 0.450 bits per heavy atom. The van der Waals surface area contributed by atoms with Gasteiger partial charge in [0.05, 0.1) is 11.4 Å². The van der Waals surface area contributed by atoms with Crippen LogP contribution in [-0.2, 0) is 23.7 Å². The molecule has 6 aromatic carbocycles. The minimum absolute atomic E-state index is 0.124. The summed E-state index contributed by atoms with van der Waals surface area (Å²) in [6.07, 6.45) is 14.7. The van der Waals surface area contributed by atoms with Crippen LogP contribution in [0.3, 0.4) is 0 Å². The second-order valence-electron chi connectivity index (χ2n) is 18.3. The van der Waals surface area contributed by atoms with Crippen molar-refractivity contribution in [2.75, 3.05) is 9.80 Å². The van der Waals surface area contributed by atoms with Crippen molar-refractivity contribution in [3.05, 3.63) is 163 Å². The average molecular weight is 921 g/mol. The molecular weight excluding hydrogens is 860 g/mol. The molecule has 0 atom stereocenters. The van der Waals surface area contributed by atoms with Gasteiger partial charge in [0, 0.05) is 42.5 Å². The number of anilines is 6. The molecule has 0 bridgehead atoms. The number of nitrogens with zero attached hydrogens (tertiary/aromatic N) is 2. The molecule has 0 spiro atoms. The van der Waals surface area contributed by atoms with Gasteiger partial charge in [-0.3, -0.25) is 0 Å². The van der Waals surface area contributed by atoms with Gasteiger partial charge in [0.25, 0.3) is 0 Å². The summed E-state index contributed by atoms with van der Waals surface area (Å²) in [5.74, 6) is 0. The normalized spacial score (nSPS) is 18.8. The van der Waals surface area contributed by atoms with Crippen LogP contribution in [0.25, 0.3) is 11.1 Å². The molecule has 2 saturated carbocycles. The number of hydrogen-bond donors (Lipinski definition) is 0. The Morgan fingerprint density at radius 2 is 0.783 bits per heavy atom. The zero-order valence-electron chi connectivity index (χ0n) is 36.5. The lowest BCUT2D eigenvalue weighted by atomic mass is 9.55. The number of fused-ring (bicyclic) bond motifs is 3. The van der Waals surface area contributed by atoms with Gasteiger partial charge in [-0.05, 0) is 207 Å². The van der Waals surface area contributed by atoms with E-state index >= 15 is 0 Å². The van der Waals surface area contributed by atoms with Crippen molar-refractivity contribution in [1.29, 1.82) is 0 Å². The van der Waals surface area contributed by atoms with Gasteiger partial charge in [-0.2, -0.15) is 0 Å². The predicted molar refractivity (Wildman–Crippen MR) is 264 cm³/mol. The fraction of sp³-hybridized carbons (Fsp3) is 0.357. The van der Waals surface area contributed by atoms with Gasteiger partial charge in [-0.15, -0.1) is 0 Å². The molecule has 4 heteroatoms. The summed E-state index contributed by atoms with van der Waals surface area (Å²) in [4.78, 5) is 5.10. The molecule has 0 amide bonds. The van der Waals surface area contributed by atoms with Gasteiger partial charge in [0.15, 0.2) is 0 Å². The lowest BCUT2D eigenvalue weighted by Gasteiger charge is -2.48. The van der Waals surface area contributed by atoms with E-state index in [9.17, 15) is 0 Å². The zero-order valence-corrected chi connectivity index (χ0v) is 39.7. The van der Waals surface area contributed by atoms with Crippen molar-refractivity contribution in [3.8, 4) is 11.1 Å². The highest BCUT2D eigenvalue weighted by Gasteiger charge is 2.62. The summed E-state index contributed by atoms with van der Waals surface area (Å²) in [6.45, 7) is 13.8. The standard InChI is InChI=1S/C56H60Br2N2/c1-7-9-13-41-31-37(3)53(38(4)32-41)59(45-19-15-43(57)16-20-45)47-23-25-49-50-26-24-48(36-52(50)56-29-11-27-55(56,28-12-30-56)51(49)35-47)60(46-21-17-44(58)18-22-46)54-39(5)33-42(14-10-8-2)34-40(54)6/h15-26,31-36H,7-14,27-30H2,1-6H3/t55-,56+. The minimum Gasteiger partial charge on any atom is -0.310 e. The Balaban J connectivity index is 1.22. The summed E-state index contributed by atoms with van der Waals surface area (Å²) in [7, 11) is 0. The molecule has 2 fully saturated rings. The third kappa shape index (κ3) is 6.98. The first-order valence-corrected chi connectivity index (χ1v) is 24.3. The van der Waals surface area contributed by atoms with E-state index in [1.54, 1.807) is 11.1 Å². The van der Waals surface area contributed by atoms with E-state index in [1.165, 1.54) is 143 Å². The molecule has 0 heterocycles. The van der Waals surface area contributed by atoms with E-state index in [0.717, 1.165) is 21.8 Å². The van der Waals surface area contributed by atoms with Crippen LogP contribution in [0.4, 0.5) is 34.1 Å². The Kier molecular flexibility index (Phi) is 11.4. The van der Waals surface area contributed by atoms with Crippen LogP contribution in [0.5, 0.6) is 0 Å². The van der Waals surface area contributed by atoms with E-state index in [4.69, 9.17) is 0 Å². The first kappa shape index (κ1) is 41.2. The fourth-order valence-electron chi connectivity index (χ4n) is 12.1. The number of hydrogen-bond acceptors (Lipinski definition) is 2. The summed E-state index contributed by atoms with van der Waals surface area (Å²) in [5, 5.41) is 0. The smallest absolute Gasteiger partial charge is 0.0520 e. The van der Waals surface area contributed by atoms with Crippen LogP contribution in [0, 0.1) is 27.7 Å². The van der Waals surface area contributed by atoms with Gasteiger partial charge in [-0.25, -0.2) is 0 Å². The topological polar surface area (TPSA) is 6.48 Å². The Hall–Kier alpha value is -4.12. The highest BCUT2D eigenvalue weighted by Crippen LogP contribution is 2.70. The summed E-state index contributed by atoms with van der Waals surface area (Å²) >= 11 is 7.46. The molecule has 0 aliphatic heterocycles. The first-order chi connectivity index (χ1) is 29.1. The molecule has 0 radical (unpaired) electrons. The number of rotatable bonds is 12. The maximum Gasteiger partial charge on any atom is 0.0520 e. The monoisotopic (exact) mass is 918 g/mol. The Bertz CT molecular complexity index is 2320. The number of aryl methyl sites for hydroxylation is 6. The van der Waals surface area contributed by atoms with Crippen LogP contribution >= 0.6 is 31.9 Å². The van der Waals surface area contributed by atoms with E-state index in [0.29, 0.717) is 0 Å². The molecule has 60 heavy (non-hydrogen) atoms.